The molecule has 0 aromatic carbocycles. The zero-order chi connectivity index (χ0) is 13.3. The molecule has 0 aliphatic rings. The number of hydrogen-bond acceptors (Lipinski definition) is 3. The van der Waals surface area contributed by atoms with E-state index < -0.39 is 7.98 Å². The molecule has 0 aromatic rings. The number of carbonyl (C=O) groups is 1. The van der Waals surface area contributed by atoms with Crippen molar-refractivity contribution in [1.29, 1.82) is 0 Å². The summed E-state index contributed by atoms with van der Waals surface area (Å²) in [6, 6.07) is 1.18. The van der Waals surface area contributed by atoms with Crippen LogP contribution in [-0.2, 0) is 9.22 Å². The lowest BCUT2D eigenvalue weighted by atomic mass is 10.4. The van der Waals surface area contributed by atoms with Gasteiger partial charge in [-0.1, -0.05) is 0 Å². The van der Waals surface area contributed by atoms with Gasteiger partial charge in [0.25, 0.3) is 0 Å². The minimum atomic E-state index is -1.48. The average Bonchev–Trinajstić information content (AvgIpc) is 2.22. The molecule has 0 fully saturated rings. The first-order valence-corrected chi connectivity index (χ1v) is 11.7. The van der Waals surface area contributed by atoms with Gasteiger partial charge in [-0.15, -0.1) is 8.79 Å². The summed E-state index contributed by atoms with van der Waals surface area (Å²) in [6.07, 6.45) is 1.84. The van der Waals surface area contributed by atoms with E-state index in [9.17, 15) is 4.79 Å². The van der Waals surface area contributed by atoms with Crippen LogP contribution < -0.4 is 0 Å². The zero-order valence-corrected chi connectivity index (χ0v) is 14.5. The zero-order valence-electron chi connectivity index (χ0n) is 11.5. The predicted octanol–water partition coefficient (Wildman–Crippen LogP) is 2.57. The fraction of sp³-hybridized carbons (Fsp3) is 0.909. The highest BCUT2D eigenvalue weighted by Crippen LogP contribution is 2.22. The fourth-order valence-corrected chi connectivity index (χ4v) is 5.34. The number of thioether (sulfide) groups is 1. The van der Waals surface area contributed by atoms with Crippen LogP contribution in [0.1, 0.15) is 19.8 Å². The van der Waals surface area contributed by atoms with Crippen molar-refractivity contribution < 1.29 is 9.22 Å². The fourth-order valence-electron chi connectivity index (χ4n) is 1.41. The minimum absolute atomic E-state index is 0.220. The molecule has 102 valence electrons. The van der Waals surface area contributed by atoms with E-state index in [1.165, 1.54) is 12.5 Å². The molecule has 0 spiro atoms. The van der Waals surface area contributed by atoms with Gasteiger partial charge in [-0.25, -0.2) is 0 Å². The first kappa shape index (κ1) is 17.4. The first-order chi connectivity index (χ1) is 7.89. The molecule has 2 atom stereocenters. The summed E-state index contributed by atoms with van der Waals surface area (Å²) in [5.74, 6) is 2.28. The maximum absolute atomic E-state index is 11.3. The molecule has 6 heteroatoms. The minimum Gasteiger partial charge on any atom is -0.414 e. The van der Waals surface area contributed by atoms with E-state index in [2.05, 4.69) is 22.3 Å². The SMILES string of the molecule is CCO[Si](C)(P)CCCSCCC(=O)N(C)C. The van der Waals surface area contributed by atoms with Gasteiger partial charge in [-0.2, -0.15) is 11.8 Å². The molecule has 0 aliphatic carbocycles. The van der Waals surface area contributed by atoms with E-state index in [0.29, 0.717) is 6.42 Å². The number of nitrogens with zero attached hydrogens (tertiary/aromatic N) is 1. The molecule has 17 heavy (non-hydrogen) atoms. The summed E-state index contributed by atoms with van der Waals surface area (Å²) in [5, 5.41) is 0. The number of hydrogen-bond donors (Lipinski definition) is 0. The topological polar surface area (TPSA) is 29.5 Å². The second-order valence-corrected chi connectivity index (χ2v) is 12.8. The lowest BCUT2D eigenvalue weighted by Crippen LogP contribution is -2.26. The standard InChI is InChI=1S/C11H26NO2PSSi/c1-5-14-17(4,15)10-6-8-16-9-7-11(13)12(2)3/h5-10,15H2,1-4H3. The van der Waals surface area contributed by atoms with Gasteiger partial charge >= 0.3 is 0 Å². The summed E-state index contributed by atoms with van der Waals surface area (Å²) in [7, 11) is 5.05. The maximum atomic E-state index is 11.3. The van der Waals surface area contributed by atoms with Crippen LogP contribution in [0.4, 0.5) is 0 Å². The second-order valence-electron chi connectivity index (χ2n) is 4.50. The van der Waals surface area contributed by atoms with Crippen LogP contribution >= 0.6 is 20.5 Å². The van der Waals surface area contributed by atoms with Gasteiger partial charge in [0.05, 0.1) is 0 Å². The Hall–Kier alpha value is 0.427. The molecule has 0 aromatic heterocycles. The van der Waals surface area contributed by atoms with E-state index in [4.69, 9.17) is 4.43 Å². The third-order valence-corrected chi connectivity index (χ3v) is 7.13. The molecule has 3 nitrogen and oxygen atoms in total. The molecule has 0 bridgehead atoms. The van der Waals surface area contributed by atoms with Crippen molar-refractivity contribution in [3.05, 3.63) is 0 Å². The molecule has 1 amide bonds. The molecule has 0 heterocycles. The molecular weight excluding hydrogens is 269 g/mol. The van der Waals surface area contributed by atoms with Crippen molar-refractivity contribution in [2.45, 2.75) is 32.4 Å². The Labute approximate surface area is 113 Å². The molecular formula is C11H26NO2PSSi. The van der Waals surface area contributed by atoms with Crippen LogP contribution in [0.2, 0.25) is 12.6 Å². The highest BCUT2D eigenvalue weighted by molar-refractivity contribution is 7.99. The average molecular weight is 295 g/mol. The Balaban J connectivity index is 3.44. The molecule has 0 N–H and O–H groups in total. The summed E-state index contributed by atoms with van der Waals surface area (Å²) in [5.41, 5.74) is 0. The van der Waals surface area contributed by atoms with Gasteiger partial charge in [0, 0.05) is 32.9 Å². The lowest BCUT2D eigenvalue weighted by Gasteiger charge is -2.21. The molecule has 0 rings (SSSR count). The van der Waals surface area contributed by atoms with Crippen molar-refractivity contribution in [2.75, 3.05) is 32.2 Å². The Morgan fingerprint density at radius 3 is 2.59 bits per heavy atom. The molecule has 0 saturated heterocycles. The van der Waals surface area contributed by atoms with E-state index >= 15 is 0 Å². The third kappa shape index (κ3) is 10.1. The van der Waals surface area contributed by atoms with E-state index in [0.717, 1.165) is 18.1 Å². The maximum Gasteiger partial charge on any atom is 0.222 e. The van der Waals surface area contributed by atoms with Gasteiger partial charge in [-0.05, 0) is 31.7 Å². The van der Waals surface area contributed by atoms with Crippen LogP contribution in [0.25, 0.3) is 0 Å². The van der Waals surface area contributed by atoms with E-state index in [1.54, 1.807) is 19.0 Å². The predicted molar refractivity (Wildman–Crippen MR) is 83.0 cm³/mol. The Bertz CT molecular complexity index is 228. The number of amides is 1. The summed E-state index contributed by atoms with van der Waals surface area (Å²) in [6.45, 7) is 5.11. The van der Waals surface area contributed by atoms with Crippen molar-refractivity contribution in [1.82, 2.24) is 4.90 Å². The molecule has 0 saturated carbocycles. The number of carbonyl (C=O) groups excluding carboxylic acids is 1. The van der Waals surface area contributed by atoms with Crippen molar-refractivity contribution in [3.63, 3.8) is 0 Å². The Morgan fingerprint density at radius 1 is 1.41 bits per heavy atom. The number of rotatable bonds is 9. The van der Waals surface area contributed by atoms with Crippen LogP contribution in [0.3, 0.4) is 0 Å². The highest BCUT2D eigenvalue weighted by Gasteiger charge is 2.20. The monoisotopic (exact) mass is 295 g/mol. The van der Waals surface area contributed by atoms with Crippen molar-refractivity contribution in [3.8, 4) is 0 Å². The quantitative estimate of drug-likeness (QED) is 0.372. The van der Waals surface area contributed by atoms with E-state index in [-0.39, 0.29) is 5.91 Å². The normalized spacial score (nSPS) is 14.4. The Kier molecular flexibility index (Phi) is 9.60. The summed E-state index contributed by atoms with van der Waals surface area (Å²) < 4.78 is 5.74. The van der Waals surface area contributed by atoms with Crippen LogP contribution in [-0.4, -0.2) is 51.0 Å². The van der Waals surface area contributed by atoms with E-state index in [1.807, 2.05) is 11.8 Å². The highest BCUT2D eigenvalue weighted by atomic mass is 32.2. The lowest BCUT2D eigenvalue weighted by molar-refractivity contribution is -0.128. The smallest absolute Gasteiger partial charge is 0.222 e. The molecule has 2 unspecified atom stereocenters. The van der Waals surface area contributed by atoms with Gasteiger partial charge in [0.2, 0.25) is 13.9 Å². The van der Waals surface area contributed by atoms with Gasteiger partial charge in [0.1, 0.15) is 0 Å². The van der Waals surface area contributed by atoms with Crippen LogP contribution in [0.5, 0.6) is 0 Å². The summed E-state index contributed by atoms with van der Waals surface area (Å²) >= 11 is 1.87. The van der Waals surface area contributed by atoms with Gasteiger partial charge in [-0.3, -0.25) is 4.79 Å². The molecule has 0 aliphatic heterocycles. The van der Waals surface area contributed by atoms with Crippen LogP contribution in [0, 0.1) is 0 Å². The first-order valence-electron chi connectivity index (χ1n) is 6.10. The third-order valence-electron chi connectivity index (χ3n) is 2.39. The van der Waals surface area contributed by atoms with Crippen LogP contribution in [0.15, 0.2) is 0 Å². The van der Waals surface area contributed by atoms with Crippen molar-refractivity contribution >= 4 is 34.4 Å². The van der Waals surface area contributed by atoms with Crippen molar-refractivity contribution in [2.24, 2.45) is 0 Å². The summed E-state index contributed by atoms with van der Waals surface area (Å²) in [4.78, 5) is 13.0. The molecule has 0 radical (unpaired) electrons. The largest absolute Gasteiger partial charge is 0.414 e. The Morgan fingerprint density at radius 2 is 2.06 bits per heavy atom. The van der Waals surface area contributed by atoms with Gasteiger partial charge in [0.15, 0.2) is 0 Å². The van der Waals surface area contributed by atoms with Gasteiger partial charge < -0.3 is 9.33 Å². The second kappa shape index (κ2) is 9.37.